The van der Waals surface area contributed by atoms with Crippen molar-refractivity contribution in [3.8, 4) is 6.19 Å². The van der Waals surface area contributed by atoms with Crippen LogP contribution >= 0.6 is 12.4 Å². The Kier molecular flexibility index (Phi) is 5.20. The molecule has 2 saturated heterocycles. The highest BCUT2D eigenvalue weighted by molar-refractivity contribution is 5.85. The molecule has 1 unspecified atom stereocenters. The quantitative estimate of drug-likeness (QED) is 0.710. The fourth-order valence-electron chi connectivity index (χ4n) is 2.56. The number of piperazine rings is 1. The lowest BCUT2D eigenvalue weighted by Gasteiger charge is -2.31. The molecule has 2 rings (SSSR count). The summed E-state index contributed by atoms with van der Waals surface area (Å²) in [6.45, 7) is 6.95. The molecule has 2 heterocycles. The molecule has 0 aromatic heterocycles. The molecule has 0 aromatic carbocycles. The van der Waals surface area contributed by atoms with Gasteiger partial charge < -0.3 is 20.2 Å². The van der Waals surface area contributed by atoms with E-state index in [1.165, 1.54) is 0 Å². The number of guanidine groups is 1. The maximum atomic E-state index is 11.2. The lowest BCUT2D eigenvalue weighted by molar-refractivity contribution is -0.147. The van der Waals surface area contributed by atoms with Gasteiger partial charge in [0.2, 0.25) is 12.2 Å². The highest BCUT2D eigenvalue weighted by atomic mass is 35.5. The Balaban J connectivity index is 0.00000200. The molecule has 2 aliphatic heterocycles. The van der Waals surface area contributed by atoms with E-state index >= 15 is 0 Å². The lowest BCUT2D eigenvalue weighted by atomic mass is 9.93. The van der Waals surface area contributed by atoms with E-state index in [0.717, 1.165) is 19.6 Å². The predicted octanol–water partition coefficient (Wildman–Crippen LogP) is -0.0545. The number of halogens is 1. The van der Waals surface area contributed by atoms with Crippen LogP contribution in [0.2, 0.25) is 0 Å². The Morgan fingerprint density at radius 1 is 1.65 bits per heavy atom. The van der Waals surface area contributed by atoms with Crippen LogP contribution in [0, 0.1) is 16.9 Å². The number of rotatable bonds is 3. The molecule has 20 heavy (non-hydrogen) atoms. The minimum absolute atomic E-state index is 0. The molecule has 7 nitrogen and oxygen atoms in total. The standard InChI is InChI=1S/C12H19N5O2.ClH/c1-12(2,10(18)19)7-16-6-9-5-14-3-4-17(9)11(16)15-8-13;/h9,14H,3-7H2,1-2H3,(H,18,19);1H. The van der Waals surface area contributed by atoms with Gasteiger partial charge >= 0.3 is 5.97 Å². The minimum Gasteiger partial charge on any atom is -0.481 e. The molecule has 0 aliphatic carbocycles. The van der Waals surface area contributed by atoms with Crippen molar-refractivity contribution < 1.29 is 9.90 Å². The molecule has 2 fully saturated rings. The Morgan fingerprint density at radius 2 is 2.35 bits per heavy atom. The van der Waals surface area contributed by atoms with Crippen LogP contribution in [0.15, 0.2) is 4.99 Å². The van der Waals surface area contributed by atoms with Crippen LogP contribution in [0.3, 0.4) is 0 Å². The monoisotopic (exact) mass is 301 g/mol. The molecule has 0 saturated carbocycles. The van der Waals surface area contributed by atoms with Crippen molar-refractivity contribution in [1.29, 1.82) is 5.26 Å². The molecule has 0 aromatic rings. The van der Waals surface area contributed by atoms with Gasteiger partial charge in [-0.3, -0.25) is 4.79 Å². The number of aliphatic imine (C=N–C) groups is 1. The van der Waals surface area contributed by atoms with Gasteiger partial charge in [0.05, 0.1) is 11.5 Å². The van der Waals surface area contributed by atoms with Gasteiger partial charge in [-0.1, -0.05) is 0 Å². The molecule has 0 spiro atoms. The fourth-order valence-corrected chi connectivity index (χ4v) is 2.56. The highest BCUT2D eigenvalue weighted by Crippen LogP contribution is 2.24. The third kappa shape index (κ3) is 3.14. The predicted molar refractivity (Wildman–Crippen MR) is 76.6 cm³/mol. The second kappa shape index (κ2) is 6.29. The number of carboxylic acid groups (broad SMARTS) is 1. The van der Waals surface area contributed by atoms with Gasteiger partial charge in [0.25, 0.3) is 0 Å². The Hall–Kier alpha value is -1.52. The van der Waals surface area contributed by atoms with Crippen molar-refractivity contribution in [2.75, 3.05) is 32.7 Å². The minimum atomic E-state index is -0.863. The third-order valence-electron chi connectivity index (χ3n) is 3.64. The summed E-state index contributed by atoms with van der Waals surface area (Å²) in [6, 6.07) is 0.269. The van der Waals surface area contributed by atoms with E-state index in [4.69, 9.17) is 5.26 Å². The van der Waals surface area contributed by atoms with E-state index in [0.29, 0.717) is 19.0 Å². The first-order chi connectivity index (χ1) is 8.95. The van der Waals surface area contributed by atoms with Crippen LogP contribution in [0.5, 0.6) is 0 Å². The lowest BCUT2D eigenvalue weighted by Crippen LogP contribution is -2.50. The fraction of sp³-hybridized carbons (Fsp3) is 0.750. The second-order valence-electron chi connectivity index (χ2n) is 5.63. The van der Waals surface area contributed by atoms with Crippen LogP contribution in [-0.4, -0.2) is 65.6 Å². The normalized spacial score (nSPS) is 24.1. The van der Waals surface area contributed by atoms with E-state index in [2.05, 4.69) is 15.2 Å². The summed E-state index contributed by atoms with van der Waals surface area (Å²) in [6.07, 6.45) is 1.82. The molecule has 8 heteroatoms. The summed E-state index contributed by atoms with van der Waals surface area (Å²) < 4.78 is 0. The Bertz CT molecular complexity index is 446. The number of nitrogens with zero attached hydrogens (tertiary/aromatic N) is 4. The molecule has 0 radical (unpaired) electrons. The summed E-state index contributed by atoms with van der Waals surface area (Å²) in [7, 11) is 0. The molecule has 112 valence electrons. The average molecular weight is 302 g/mol. The van der Waals surface area contributed by atoms with E-state index in [-0.39, 0.29) is 18.4 Å². The zero-order chi connectivity index (χ0) is 14.0. The van der Waals surface area contributed by atoms with Gasteiger partial charge in [-0.05, 0) is 13.8 Å². The van der Waals surface area contributed by atoms with Gasteiger partial charge in [0.15, 0.2) is 0 Å². The smallest absolute Gasteiger partial charge is 0.310 e. The average Bonchev–Trinajstić information content (AvgIpc) is 2.67. The summed E-state index contributed by atoms with van der Waals surface area (Å²) in [5, 5.41) is 21.3. The second-order valence-corrected chi connectivity index (χ2v) is 5.63. The van der Waals surface area contributed by atoms with Crippen molar-refractivity contribution in [3.63, 3.8) is 0 Å². The number of fused-ring (bicyclic) bond motifs is 1. The summed E-state index contributed by atoms with van der Waals surface area (Å²) in [4.78, 5) is 19.1. The molecule has 0 bridgehead atoms. The number of aliphatic carboxylic acids is 1. The van der Waals surface area contributed by atoms with Crippen LogP contribution in [0.25, 0.3) is 0 Å². The highest BCUT2D eigenvalue weighted by Gasteiger charge is 2.40. The zero-order valence-electron chi connectivity index (χ0n) is 11.7. The molecular weight excluding hydrogens is 282 g/mol. The number of nitrogens with one attached hydrogen (secondary N) is 1. The van der Waals surface area contributed by atoms with Crippen molar-refractivity contribution in [2.24, 2.45) is 10.4 Å². The summed E-state index contributed by atoms with van der Waals surface area (Å²) >= 11 is 0. The van der Waals surface area contributed by atoms with Crippen molar-refractivity contribution in [3.05, 3.63) is 0 Å². The van der Waals surface area contributed by atoms with Gasteiger partial charge in [0, 0.05) is 32.7 Å². The first-order valence-corrected chi connectivity index (χ1v) is 6.38. The molecule has 1 atom stereocenters. The van der Waals surface area contributed by atoms with Crippen molar-refractivity contribution in [1.82, 2.24) is 15.1 Å². The number of nitriles is 1. The summed E-state index contributed by atoms with van der Waals surface area (Å²) in [5.41, 5.74) is -0.863. The van der Waals surface area contributed by atoms with Gasteiger partial charge in [-0.25, -0.2) is 0 Å². The van der Waals surface area contributed by atoms with Crippen molar-refractivity contribution in [2.45, 2.75) is 19.9 Å². The van der Waals surface area contributed by atoms with Crippen LogP contribution in [0.4, 0.5) is 0 Å². The van der Waals surface area contributed by atoms with E-state index in [1.807, 2.05) is 11.1 Å². The number of carbonyl (C=O) groups is 1. The number of carboxylic acids is 1. The van der Waals surface area contributed by atoms with Crippen LogP contribution in [0.1, 0.15) is 13.8 Å². The number of hydrogen-bond donors (Lipinski definition) is 2. The summed E-state index contributed by atoms with van der Waals surface area (Å²) in [5.74, 6) is -0.227. The van der Waals surface area contributed by atoms with E-state index in [1.54, 1.807) is 13.8 Å². The maximum absolute atomic E-state index is 11.2. The SMILES string of the molecule is CC(C)(CN1CC2CNCCN2C1=NC#N)C(=O)O.Cl. The molecule has 0 amide bonds. The van der Waals surface area contributed by atoms with Gasteiger partial charge in [-0.2, -0.15) is 5.26 Å². The zero-order valence-corrected chi connectivity index (χ0v) is 12.5. The molecule has 2 N–H and O–H groups in total. The Morgan fingerprint density at radius 3 is 2.95 bits per heavy atom. The maximum Gasteiger partial charge on any atom is 0.310 e. The van der Waals surface area contributed by atoms with E-state index < -0.39 is 11.4 Å². The molecule has 2 aliphatic rings. The Labute approximate surface area is 124 Å². The van der Waals surface area contributed by atoms with Gasteiger partial charge in [-0.15, -0.1) is 17.4 Å². The largest absolute Gasteiger partial charge is 0.481 e. The van der Waals surface area contributed by atoms with Crippen LogP contribution in [-0.2, 0) is 4.79 Å². The van der Waals surface area contributed by atoms with E-state index in [9.17, 15) is 9.90 Å². The third-order valence-corrected chi connectivity index (χ3v) is 3.64. The molecular formula is C12H20ClN5O2. The van der Waals surface area contributed by atoms with Crippen molar-refractivity contribution >= 4 is 24.3 Å². The first kappa shape index (κ1) is 16.5. The topological polar surface area (TPSA) is 92.0 Å². The van der Waals surface area contributed by atoms with Crippen LogP contribution < -0.4 is 5.32 Å². The number of hydrogen-bond acceptors (Lipinski definition) is 4. The first-order valence-electron chi connectivity index (χ1n) is 6.38. The van der Waals surface area contributed by atoms with Gasteiger partial charge in [0.1, 0.15) is 0 Å².